The molecule has 0 radical (unpaired) electrons. The Kier molecular flexibility index (Phi) is 2.83. The van der Waals surface area contributed by atoms with Crippen molar-refractivity contribution in [1.29, 1.82) is 0 Å². The van der Waals surface area contributed by atoms with Gasteiger partial charge in [-0.2, -0.15) is 0 Å². The molecule has 1 aromatic carbocycles. The van der Waals surface area contributed by atoms with Crippen LogP contribution in [0.3, 0.4) is 0 Å². The van der Waals surface area contributed by atoms with E-state index in [-0.39, 0.29) is 0 Å². The topological polar surface area (TPSA) is 42.2 Å². The summed E-state index contributed by atoms with van der Waals surface area (Å²) < 4.78 is 5.22. The van der Waals surface area contributed by atoms with Crippen molar-refractivity contribution >= 4 is 12.0 Å². The first-order valence-corrected chi connectivity index (χ1v) is 4.71. The fraction of sp³-hybridized carbons (Fsp3) is 0.0833. The average molecular weight is 201 g/mol. The molecular weight excluding hydrogens is 190 g/mol. The monoisotopic (exact) mass is 201 g/mol. The van der Waals surface area contributed by atoms with Crippen LogP contribution in [-0.4, -0.2) is 6.29 Å². The van der Waals surface area contributed by atoms with Crippen molar-refractivity contribution in [3.05, 3.63) is 54.0 Å². The second-order valence-corrected chi connectivity index (χ2v) is 3.14. The van der Waals surface area contributed by atoms with Crippen LogP contribution in [-0.2, 0) is 6.54 Å². The predicted octanol–water partition coefficient (Wildman–Crippen LogP) is 2.70. The van der Waals surface area contributed by atoms with Gasteiger partial charge in [0, 0.05) is 5.69 Å². The van der Waals surface area contributed by atoms with Gasteiger partial charge < -0.3 is 9.73 Å². The summed E-state index contributed by atoms with van der Waals surface area (Å²) in [5.41, 5.74) is 1.03. The largest absolute Gasteiger partial charge is 0.456 e. The Hall–Kier alpha value is -2.03. The number of para-hydroxylation sites is 1. The summed E-state index contributed by atoms with van der Waals surface area (Å²) >= 11 is 0. The Balaban J connectivity index is 1.96. The van der Waals surface area contributed by atoms with E-state index in [1.807, 2.05) is 30.3 Å². The zero-order valence-corrected chi connectivity index (χ0v) is 8.14. The van der Waals surface area contributed by atoms with E-state index in [4.69, 9.17) is 4.42 Å². The molecule has 0 aliphatic carbocycles. The lowest BCUT2D eigenvalue weighted by Crippen LogP contribution is -1.97. The molecule has 2 rings (SSSR count). The SMILES string of the molecule is O=Cc1ccc(CNc2ccccc2)o1. The molecule has 0 bridgehead atoms. The summed E-state index contributed by atoms with van der Waals surface area (Å²) in [7, 11) is 0. The Labute approximate surface area is 87.7 Å². The van der Waals surface area contributed by atoms with E-state index in [2.05, 4.69) is 5.32 Å². The standard InChI is InChI=1S/C12H11NO2/c14-9-12-7-6-11(15-12)8-13-10-4-2-1-3-5-10/h1-7,9,13H,8H2. The Morgan fingerprint density at radius 2 is 1.93 bits per heavy atom. The number of benzene rings is 1. The van der Waals surface area contributed by atoms with Gasteiger partial charge in [0.1, 0.15) is 5.76 Å². The first kappa shape index (κ1) is 9.52. The minimum absolute atomic E-state index is 0.361. The maximum atomic E-state index is 10.4. The third-order valence-corrected chi connectivity index (χ3v) is 2.04. The molecule has 0 fully saturated rings. The highest BCUT2D eigenvalue weighted by Gasteiger charge is 1.99. The molecule has 0 amide bonds. The van der Waals surface area contributed by atoms with Gasteiger partial charge in [0.05, 0.1) is 6.54 Å². The van der Waals surface area contributed by atoms with E-state index < -0.39 is 0 Å². The van der Waals surface area contributed by atoms with Gasteiger partial charge in [-0.25, -0.2) is 0 Å². The van der Waals surface area contributed by atoms with Gasteiger partial charge in [-0.3, -0.25) is 4.79 Å². The number of hydrogen-bond acceptors (Lipinski definition) is 3. The quantitative estimate of drug-likeness (QED) is 0.773. The van der Waals surface area contributed by atoms with Crippen molar-refractivity contribution in [3.63, 3.8) is 0 Å². The average Bonchev–Trinajstić information content (AvgIpc) is 2.76. The molecule has 2 aromatic rings. The van der Waals surface area contributed by atoms with E-state index >= 15 is 0 Å². The van der Waals surface area contributed by atoms with Crippen LogP contribution in [0.4, 0.5) is 5.69 Å². The number of nitrogens with one attached hydrogen (secondary N) is 1. The molecule has 3 nitrogen and oxygen atoms in total. The number of aldehydes is 1. The maximum Gasteiger partial charge on any atom is 0.185 e. The minimum Gasteiger partial charge on any atom is -0.456 e. The molecular formula is C12H11NO2. The molecule has 1 heterocycles. The molecule has 0 saturated carbocycles. The van der Waals surface area contributed by atoms with Crippen molar-refractivity contribution < 1.29 is 9.21 Å². The van der Waals surface area contributed by atoms with Gasteiger partial charge >= 0.3 is 0 Å². The number of carbonyl (C=O) groups excluding carboxylic acids is 1. The number of hydrogen-bond donors (Lipinski definition) is 1. The van der Waals surface area contributed by atoms with E-state index in [0.717, 1.165) is 11.4 Å². The lowest BCUT2D eigenvalue weighted by atomic mass is 10.3. The van der Waals surface area contributed by atoms with Gasteiger partial charge in [-0.15, -0.1) is 0 Å². The minimum atomic E-state index is 0.361. The molecule has 0 aliphatic rings. The van der Waals surface area contributed by atoms with Gasteiger partial charge in [-0.05, 0) is 24.3 Å². The summed E-state index contributed by atoms with van der Waals surface area (Å²) in [4.78, 5) is 10.4. The van der Waals surface area contributed by atoms with Gasteiger partial charge in [0.25, 0.3) is 0 Å². The van der Waals surface area contributed by atoms with Gasteiger partial charge in [0.15, 0.2) is 12.0 Å². The fourth-order valence-corrected chi connectivity index (χ4v) is 1.30. The smallest absolute Gasteiger partial charge is 0.185 e. The molecule has 0 spiro atoms. The normalized spacial score (nSPS) is 9.87. The second-order valence-electron chi connectivity index (χ2n) is 3.14. The van der Waals surface area contributed by atoms with Crippen LogP contribution < -0.4 is 5.32 Å². The summed E-state index contributed by atoms with van der Waals surface area (Å²) in [6.07, 6.45) is 0.700. The van der Waals surface area contributed by atoms with Gasteiger partial charge in [-0.1, -0.05) is 18.2 Å². The molecule has 0 saturated heterocycles. The van der Waals surface area contributed by atoms with E-state index in [1.54, 1.807) is 12.1 Å². The van der Waals surface area contributed by atoms with E-state index in [1.165, 1.54) is 0 Å². The molecule has 76 valence electrons. The van der Waals surface area contributed by atoms with Crippen LogP contribution >= 0.6 is 0 Å². The van der Waals surface area contributed by atoms with Crippen LogP contribution in [0.5, 0.6) is 0 Å². The van der Waals surface area contributed by atoms with Crippen molar-refractivity contribution in [2.24, 2.45) is 0 Å². The van der Waals surface area contributed by atoms with E-state index in [0.29, 0.717) is 18.6 Å². The zero-order chi connectivity index (χ0) is 10.5. The highest BCUT2D eigenvalue weighted by molar-refractivity contribution is 5.70. The maximum absolute atomic E-state index is 10.4. The van der Waals surface area contributed by atoms with Crippen LogP contribution in [0.1, 0.15) is 16.3 Å². The summed E-state index contributed by atoms with van der Waals surface area (Å²) in [6.45, 7) is 0.581. The third kappa shape index (κ3) is 2.47. The summed E-state index contributed by atoms with van der Waals surface area (Å²) in [5, 5.41) is 3.19. The Morgan fingerprint density at radius 3 is 2.60 bits per heavy atom. The van der Waals surface area contributed by atoms with Crippen LogP contribution in [0, 0.1) is 0 Å². The summed E-state index contributed by atoms with van der Waals surface area (Å²) in [5.74, 6) is 1.11. The second kappa shape index (κ2) is 4.46. The fourth-order valence-electron chi connectivity index (χ4n) is 1.30. The molecule has 3 heteroatoms. The number of furan rings is 1. The molecule has 1 aromatic heterocycles. The molecule has 15 heavy (non-hydrogen) atoms. The van der Waals surface area contributed by atoms with E-state index in [9.17, 15) is 4.79 Å². The Bertz CT molecular complexity index is 434. The van der Waals surface area contributed by atoms with Crippen molar-refractivity contribution in [3.8, 4) is 0 Å². The zero-order valence-electron chi connectivity index (χ0n) is 8.14. The van der Waals surface area contributed by atoms with Crippen LogP contribution in [0.2, 0.25) is 0 Å². The lowest BCUT2D eigenvalue weighted by molar-refractivity contribution is 0.109. The first-order valence-electron chi connectivity index (χ1n) is 4.71. The number of carbonyl (C=O) groups is 1. The highest BCUT2D eigenvalue weighted by atomic mass is 16.3. The van der Waals surface area contributed by atoms with Crippen molar-refractivity contribution in [2.45, 2.75) is 6.54 Å². The third-order valence-electron chi connectivity index (χ3n) is 2.04. The molecule has 0 aliphatic heterocycles. The number of anilines is 1. The summed E-state index contributed by atoms with van der Waals surface area (Å²) in [6, 6.07) is 13.3. The lowest BCUT2D eigenvalue weighted by Gasteiger charge is -2.02. The van der Waals surface area contributed by atoms with Crippen LogP contribution in [0.25, 0.3) is 0 Å². The molecule has 1 N–H and O–H groups in total. The molecule has 0 atom stereocenters. The van der Waals surface area contributed by atoms with Crippen molar-refractivity contribution in [2.75, 3.05) is 5.32 Å². The van der Waals surface area contributed by atoms with Crippen LogP contribution in [0.15, 0.2) is 46.9 Å². The highest BCUT2D eigenvalue weighted by Crippen LogP contribution is 2.10. The van der Waals surface area contributed by atoms with Crippen molar-refractivity contribution in [1.82, 2.24) is 0 Å². The number of rotatable bonds is 4. The Morgan fingerprint density at radius 1 is 1.13 bits per heavy atom. The van der Waals surface area contributed by atoms with Gasteiger partial charge in [0.2, 0.25) is 0 Å². The molecule has 0 unspecified atom stereocenters. The predicted molar refractivity (Wildman–Crippen MR) is 57.9 cm³/mol. The first-order chi connectivity index (χ1) is 7.38.